The van der Waals surface area contributed by atoms with Gasteiger partial charge in [-0.25, -0.2) is 9.59 Å². The molecule has 0 radical (unpaired) electrons. The number of alkyl halides is 3. The molecule has 2 rings (SSSR count). The van der Waals surface area contributed by atoms with Crippen LogP contribution in [0.15, 0.2) is 11.1 Å². The molecule has 22 heavy (non-hydrogen) atoms. The zero-order valence-electron chi connectivity index (χ0n) is 12.5. The zero-order valence-corrected chi connectivity index (χ0v) is 12.5. The highest BCUT2D eigenvalue weighted by molar-refractivity contribution is 6.04. The molecule has 0 aromatic heterocycles. The molecule has 0 spiro atoms. The van der Waals surface area contributed by atoms with E-state index < -0.39 is 42.2 Å². The summed E-state index contributed by atoms with van der Waals surface area (Å²) in [6.07, 6.45) is -6.47. The van der Waals surface area contributed by atoms with Crippen LogP contribution >= 0.6 is 0 Å². The van der Waals surface area contributed by atoms with E-state index in [0.717, 1.165) is 0 Å². The lowest BCUT2D eigenvalue weighted by atomic mass is 9.77. The van der Waals surface area contributed by atoms with E-state index in [2.05, 4.69) is 0 Å². The molecule has 2 bridgehead atoms. The minimum Gasteiger partial charge on any atom is -0.463 e. The van der Waals surface area contributed by atoms with Crippen molar-refractivity contribution in [3.63, 3.8) is 0 Å². The minimum atomic E-state index is -4.53. The van der Waals surface area contributed by atoms with Crippen LogP contribution in [0.3, 0.4) is 0 Å². The molecule has 1 saturated heterocycles. The highest BCUT2D eigenvalue weighted by atomic mass is 19.4. The number of hydrogen-bond acceptors (Lipinski definition) is 5. The Labute approximate surface area is 125 Å². The van der Waals surface area contributed by atoms with Gasteiger partial charge < -0.3 is 14.2 Å². The number of halogens is 3. The zero-order chi connectivity index (χ0) is 16.7. The first kappa shape index (κ1) is 16.8. The molecule has 0 N–H and O–H groups in total. The number of hydrogen-bond donors (Lipinski definition) is 0. The maximum atomic E-state index is 13.1. The smallest absolute Gasteiger partial charge is 0.394 e. The number of rotatable bonds is 4. The van der Waals surface area contributed by atoms with E-state index in [1.807, 2.05) is 0 Å². The number of fused-ring (bicyclic) bond motifs is 2. The largest absolute Gasteiger partial charge is 0.463 e. The van der Waals surface area contributed by atoms with Crippen LogP contribution in [0.25, 0.3) is 0 Å². The predicted molar refractivity (Wildman–Crippen MR) is 67.7 cm³/mol. The second-order valence-electron chi connectivity index (χ2n) is 5.35. The van der Waals surface area contributed by atoms with Crippen LogP contribution in [0.4, 0.5) is 13.2 Å². The monoisotopic (exact) mass is 322 g/mol. The Bertz CT molecular complexity index is 525. The van der Waals surface area contributed by atoms with Gasteiger partial charge in [0.25, 0.3) is 0 Å². The van der Waals surface area contributed by atoms with E-state index in [0.29, 0.717) is 0 Å². The van der Waals surface area contributed by atoms with Crippen molar-refractivity contribution in [1.29, 1.82) is 0 Å². The van der Waals surface area contributed by atoms with Crippen molar-refractivity contribution >= 4 is 11.9 Å². The first-order valence-corrected chi connectivity index (χ1v) is 6.99. The van der Waals surface area contributed by atoms with Gasteiger partial charge in [-0.3, -0.25) is 0 Å². The lowest BCUT2D eigenvalue weighted by Gasteiger charge is -2.27. The average molecular weight is 322 g/mol. The molecule has 2 heterocycles. The van der Waals surface area contributed by atoms with Crippen molar-refractivity contribution < 1.29 is 37.0 Å². The van der Waals surface area contributed by atoms with E-state index in [1.54, 1.807) is 6.92 Å². The Kier molecular flexibility index (Phi) is 4.25. The third-order valence-corrected chi connectivity index (χ3v) is 3.84. The van der Waals surface area contributed by atoms with Crippen molar-refractivity contribution in [3.05, 3.63) is 11.1 Å². The molecule has 1 fully saturated rings. The van der Waals surface area contributed by atoms with Gasteiger partial charge in [0.05, 0.1) is 35.9 Å². The molecule has 5 nitrogen and oxygen atoms in total. The molecule has 0 aliphatic carbocycles. The van der Waals surface area contributed by atoms with Gasteiger partial charge in [0, 0.05) is 0 Å². The summed E-state index contributed by atoms with van der Waals surface area (Å²) in [5, 5.41) is 0. The molecule has 0 aromatic carbocycles. The van der Waals surface area contributed by atoms with E-state index in [-0.39, 0.29) is 24.4 Å². The second-order valence-corrected chi connectivity index (χ2v) is 5.35. The molecule has 0 saturated carbocycles. The summed E-state index contributed by atoms with van der Waals surface area (Å²) in [4.78, 5) is 24.1. The van der Waals surface area contributed by atoms with Crippen LogP contribution in [0.2, 0.25) is 0 Å². The SMILES string of the molecule is CCOC(=O)C1=C(C(=O)OCC)C2(C)CC(C(F)(F)F)C1O2. The molecule has 0 amide bonds. The first-order valence-electron chi connectivity index (χ1n) is 6.99. The lowest BCUT2D eigenvalue weighted by Crippen LogP contribution is -2.39. The average Bonchev–Trinajstić information content (AvgIpc) is 2.88. The van der Waals surface area contributed by atoms with Gasteiger partial charge in [-0.1, -0.05) is 0 Å². The molecule has 0 aromatic rings. The summed E-state index contributed by atoms with van der Waals surface area (Å²) < 4.78 is 54.4. The van der Waals surface area contributed by atoms with Crippen molar-refractivity contribution in [2.24, 2.45) is 5.92 Å². The Balaban J connectivity index is 2.49. The van der Waals surface area contributed by atoms with Crippen LogP contribution < -0.4 is 0 Å². The van der Waals surface area contributed by atoms with E-state index in [1.165, 1.54) is 13.8 Å². The van der Waals surface area contributed by atoms with E-state index in [4.69, 9.17) is 14.2 Å². The van der Waals surface area contributed by atoms with Gasteiger partial charge in [-0.2, -0.15) is 13.2 Å². The number of esters is 2. The van der Waals surface area contributed by atoms with Crippen molar-refractivity contribution in [2.45, 2.75) is 45.1 Å². The molecule has 2 aliphatic heterocycles. The first-order chi connectivity index (χ1) is 10.2. The highest BCUT2D eigenvalue weighted by Gasteiger charge is 2.65. The lowest BCUT2D eigenvalue weighted by molar-refractivity contribution is -0.183. The maximum Gasteiger partial charge on any atom is 0.394 e. The summed E-state index contributed by atoms with van der Waals surface area (Å²) in [5.41, 5.74) is -2.01. The minimum absolute atomic E-state index is 0.0153. The summed E-state index contributed by atoms with van der Waals surface area (Å²) in [6, 6.07) is 0. The molecule has 124 valence electrons. The van der Waals surface area contributed by atoms with Gasteiger partial charge in [0.15, 0.2) is 0 Å². The van der Waals surface area contributed by atoms with Crippen LogP contribution in [0.1, 0.15) is 27.2 Å². The van der Waals surface area contributed by atoms with E-state index >= 15 is 0 Å². The molecule has 2 aliphatic rings. The summed E-state index contributed by atoms with van der Waals surface area (Å²) in [6.45, 7) is 4.49. The van der Waals surface area contributed by atoms with Gasteiger partial charge in [0.2, 0.25) is 0 Å². The quantitative estimate of drug-likeness (QED) is 0.742. The van der Waals surface area contributed by atoms with Gasteiger partial charge in [-0.05, 0) is 27.2 Å². The number of carbonyl (C=O) groups is 2. The van der Waals surface area contributed by atoms with Crippen LogP contribution in [0, 0.1) is 5.92 Å². The standard InChI is InChI=1S/C14H17F3O5/c1-4-20-11(18)8-9(12(19)21-5-2)13(3)6-7(10(8)22-13)14(15,16)17/h7,10H,4-6H2,1-3H3. The van der Waals surface area contributed by atoms with Gasteiger partial charge >= 0.3 is 18.1 Å². The van der Waals surface area contributed by atoms with Crippen molar-refractivity contribution in [2.75, 3.05) is 13.2 Å². The second kappa shape index (κ2) is 5.57. The molecule has 3 unspecified atom stereocenters. The van der Waals surface area contributed by atoms with Crippen molar-refractivity contribution in [3.8, 4) is 0 Å². The maximum absolute atomic E-state index is 13.1. The topological polar surface area (TPSA) is 61.8 Å². The Morgan fingerprint density at radius 3 is 2.27 bits per heavy atom. The third-order valence-electron chi connectivity index (χ3n) is 3.84. The summed E-state index contributed by atoms with van der Waals surface area (Å²) in [5.74, 6) is -3.64. The molecular formula is C14H17F3O5. The Hall–Kier alpha value is -1.57. The normalized spacial score (nSPS) is 30.6. The van der Waals surface area contributed by atoms with Gasteiger partial charge in [-0.15, -0.1) is 0 Å². The summed E-state index contributed by atoms with van der Waals surface area (Å²) in [7, 11) is 0. The van der Waals surface area contributed by atoms with Crippen LogP contribution in [-0.2, 0) is 23.8 Å². The van der Waals surface area contributed by atoms with Crippen LogP contribution in [-0.4, -0.2) is 43.0 Å². The molecule has 3 atom stereocenters. The molecule has 8 heteroatoms. The van der Waals surface area contributed by atoms with Gasteiger partial charge in [0.1, 0.15) is 6.10 Å². The Morgan fingerprint density at radius 2 is 1.77 bits per heavy atom. The summed E-state index contributed by atoms with van der Waals surface area (Å²) >= 11 is 0. The fourth-order valence-electron chi connectivity index (χ4n) is 3.03. The predicted octanol–water partition coefficient (Wildman–Crippen LogP) is 2.15. The third kappa shape index (κ3) is 2.60. The van der Waals surface area contributed by atoms with E-state index in [9.17, 15) is 22.8 Å². The molecular weight excluding hydrogens is 305 g/mol. The number of ether oxygens (including phenoxy) is 3. The van der Waals surface area contributed by atoms with Crippen LogP contribution in [0.5, 0.6) is 0 Å². The highest BCUT2D eigenvalue weighted by Crippen LogP contribution is 2.55. The Morgan fingerprint density at radius 1 is 1.23 bits per heavy atom. The fourth-order valence-corrected chi connectivity index (χ4v) is 3.03. The number of carbonyl (C=O) groups excluding carboxylic acids is 2. The van der Waals surface area contributed by atoms with Crippen molar-refractivity contribution in [1.82, 2.24) is 0 Å². The fraction of sp³-hybridized carbons (Fsp3) is 0.714.